The van der Waals surface area contributed by atoms with Crippen molar-refractivity contribution in [2.75, 3.05) is 75.7 Å². The first kappa shape index (κ1) is 44.6. The summed E-state index contributed by atoms with van der Waals surface area (Å²) in [6.07, 6.45) is 1.66. The Morgan fingerprint density at radius 2 is 1.85 bits per heavy atom. The van der Waals surface area contributed by atoms with Crippen LogP contribution in [0.5, 0.6) is 11.6 Å². The Kier molecular flexibility index (Phi) is 13.3. The number of likely N-dealkylation sites (tertiary alicyclic amines) is 2. The van der Waals surface area contributed by atoms with Gasteiger partial charge in [0.25, 0.3) is 5.88 Å². The first-order chi connectivity index (χ1) is 31.5. The molecule has 0 radical (unpaired) electrons. The molecule has 16 nitrogen and oxygen atoms in total. The smallest absolute Gasteiger partial charge is 0.254 e. The molecule has 344 valence electrons. The van der Waals surface area contributed by atoms with Gasteiger partial charge in [-0.25, -0.2) is 4.98 Å². The Morgan fingerprint density at radius 1 is 1.02 bits per heavy atom. The number of β-amino-alcohol motifs (C(OH)–C–C–N with tert-alkyl or cyclic N) is 1. The van der Waals surface area contributed by atoms with Gasteiger partial charge in [-0.1, -0.05) is 50.2 Å². The second kappa shape index (κ2) is 19.5. The molecule has 3 fully saturated rings. The Balaban J connectivity index is 0.750. The third kappa shape index (κ3) is 9.83. The highest BCUT2D eigenvalue weighted by molar-refractivity contribution is 7.13. The van der Waals surface area contributed by atoms with E-state index in [1.165, 1.54) is 11.3 Å². The van der Waals surface area contributed by atoms with E-state index in [4.69, 9.17) is 9.26 Å². The van der Waals surface area contributed by atoms with E-state index in [-0.39, 0.29) is 42.5 Å². The Hall–Kier alpha value is -5.62. The maximum Gasteiger partial charge on any atom is 0.254 e. The molecule has 3 saturated heterocycles. The summed E-state index contributed by atoms with van der Waals surface area (Å²) < 4.78 is 11.9. The average Bonchev–Trinajstić information content (AvgIpc) is 4.06. The molecule has 6 atom stereocenters. The van der Waals surface area contributed by atoms with Crippen LogP contribution in [0.3, 0.4) is 0 Å². The molecule has 7 heterocycles. The van der Waals surface area contributed by atoms with Crippen LogP contribution in [0.2, 0.25) is 0 Å². The van der Waals surface area contributed by atoms with Crippen LogP contribution in [-0.2, 0) is 9.59 Å². The maximum absolute atomic E-state index is 14.2. The molecule has 3 aromatic heterocycles. The largest absolute Gasteiger partial charge is 0.507 e. The number of benzene rings is 2. The lowest BCUT2D eigenvalue weighted by atomic mass is 9.91. The number of para-hydroxylation sites is 1. The number of anilines is 2. The highest BCUT2D eigenvalue weighted by atomic mass is 32.1. The predicted molar refractivity (Wildman–Crippen MR) is 249 cm³/mol. The Bertz CT molecular complexity index is 2440. The van der Waals surface area contributed by atoms with Crippen molar-refractivity contribution in [3.8, 4) is 33.3 Å². The molecule has 0 aliphatic carbocycles. The molecule has 4 N–H and O–H groups in total. The zero-order chi connectivity index (χ0) is 45.2. The van der Waals surface area contributed by atoms with E-state index in [1.54, 1.807) is 29.5 Å². The molecule has 17 heteroatoms. The second-order valence-electron chi connectivity index (χ2n) is 18.4. The van der Waals surface area contributed by atoms with Gasteiger partial charge in [0.15, 0.2) is 11.6 Å². The number of rotatable bonds is 14. The molecular weight excluding hydrogens is 845 g/mol. The third-order valence-corrected chi connectivity index (χ3v) is 14.5. The van der Waals surface area contributed by atoms with E-state index in [2.05, 4.69) is 45.7 Å². The number of amides is 2. The first-order valence-corrected chi connectivity index (χ1v) is 23.9. The molecule has 1 unspecified atom stereocenters. The van der Waals surface area contributed by atoms with Gasteiger partial charge in [-0.15, -0.1) is 21.5 Å². The molecule has 9 rings (SSSR count). The van der Waals surface area contributed by atoms with Crippen LogP contribution in [0.1, 0.15) is 69.0 Å². The average molecular weight is 905 g/mol. The predicted octanol–water partition coefficient (Wildman–Crippen LogP) is 5.56. The van der Waals surface area contributed by atoms with Crippen LogP contribution in [-0.4, -0.2) is 141 Å². The van der Waals surface area contributed by atoms with Crippen molar-refractivity contribution in [1.29, 1.82) is 0 Å². The summed E-state index contributed by atoms with van der Waals surface area (Å²) in [6, 6.07) is 18.2. The van der Waals surface area contributed by atoms with Crippen molar-refractivity contribution in [3.63, 3.8) is 0 Å². The number of ether oxygens (including phenoxy) is 1. The van der Waals surface area contributed by atoms with Gasteiger partial charge in [0, 0.05) is 70.4 Å². The van der Waals surface area contributed by atoms with Gasteiger partial charge in [-0.2, -0.15) is 0 Å². The number of piperazine rings is 1. The minimum atomic E-state index is -0.820. The summed E-state index contributed by atoms with van der Waals surface area (Å²) in [5.74, 6) is 0.781. The molecule has 5 aromatic rings. The highest BCUT2D eigenvalue weighted by Crippen LogP contribution is 2.37. The van der Waals surface area contributed by atoms with E-state index in [0.29, 0.717) is 41.5 Å². The zero-order valence-corrected chi connectivity index (χ0v) is 38.4. The lowest BCUT2D eigenvalue weighted by Gasteiger charge is -2.47. The first-order valence-electron chi connectivity index (χ1n) is 23.0. The number of carbonyl (C=O) groups excluding carboxylic acids is 2. The quantitative estimate of drug-likeness (QED) is 0.109. The van der Waals surface area contributed by atoms with E-state index < -0.39 is 18.1 Å². The number of nitrogens with zero attached hydrogens (tertiary/aromatic N) is 8. The normalized spacial score (nSPS) is 22.2. The van der Waals surface area contributed by atoms with Crippen LogP contribution in [0.4, 0.5) is 11.5 Å². The summed E-state index contributed by atoms with van der Waals surface area (Å²) in [7, 11) is 0. The summed E-state index contributed by atoms with van der Waals surface area (Å²) in [4.78, 5) is 42.5. The number of aromatic nitrogens is 4. The van der Waals surface area contributed by atoms with Crippen molar-refractivity contribution < 1.29 is 29.1 Å². The molecule has 4 aliphatic heterocycles. The lowest BCUT2D eigenvalue weighted by Crippen LogP contribution is -2.59. The molecular formula is C48H60N10O6S. The fraction of sp³-hybridized carbons (Fsp3) is 0.500. The van der Waals surface area contributed by atoms with Gasteiger partial charge in [-0.3, -0.25) is 19.4 Å². The van der Waals surface area contributed by atoms with Crippen molar-refractivity contribution in [1.82, 2.24) is 40.4 Å². The van der Waals surface area contributed by atoms with Gasteiger partial charge >= 0.3 is 0 Å². The number of aryl methyl sites for hydroxylation is 1. The number of phenols is 1. The van der Waals surface area contributed by atoms with Gasteiger partial charge in [0.1, 0.15) is 24.3 Å². The SMILES string of the molecule is Cc1ncsc1-c1ccc([C@H](C)NC(=O)[C@@H]2C[C@@H](O)CN2C(=O)[C@@H](c2cc(OCCN3CCCC(CN4CCN5c6cc(-c7ccccc7O)nnc6NC[C@H]5C4)C3)no2)C(C)C)cc1. The Morgan fingerprint density at radius 3 is 2.63 bits per heavy atom. The summed E-state index contributed by atoms with van der Waals surface area (Å²) >= 11 is 1.59. The van der Waals surface area contributed by atoms with Crippen molar-refractivity contribution in [2.45, 2.75) is 77.1 Å². The van der Waals surface area contributed by atoms with Gasteiger partial charge < -0.3 is 39.9 Å². The number of aliphatic hydroxyl groups excluding tert-OH is 1. The number of piperidine rings is 1. The fourth-order valence-corrected chi connectivity index (χ4v) is 10.9. The molecule has 2 aromatic carbocycles. The fourth-order valence-electron chi connectivity index (χ4n) is 10.1. The molecule has 0 saturated carbocycles. The maximum atomic E-state index is 14.2. The number of fused-ring (bicyclic) bond motifs is 3. The van der Waals surface area contributed by atoms with Crippen LogP contribution in [0, 0.1) is 18.8 Å². The highest BCUT2D eigenvalue weighted by Gasteiger charge is 2.44. The van der Waals surface area contributed by atoms with Crippen LogP contribution in [0.25, 0.3) is 21.7 Å². The second-order valence-corrected chi connectivity index (χ2v) is 19.3. The van der Waals surface area contributed by atoms with Crippen LogP contribution in [0.15, 0.2) is 70.7 Å². The third-order valence-electron chi connectivity index (χ3n) is 13.5. The molecule has 0 bridgehead atoms. The number of carbonyl (C=O) groups is 2. The minimum Gasteiger partial charge on any atom is -0.507 e. The van der Waals surface area contributed by atoms with Crippen LogP contribution >= 0.6 is 11.3 Å². The standard InChI is InChI=1S/C48H60N10O6S/c1-29(2)44(48(62)58-27-36(59)20-40(58)47(61)51-30(3)33-11-13-34(14-12-33)45-31(4)50-28-65-45)42-22-43(54-64-42)63-19-18-55-15-7-8-32(24-55)25-56-16-17-57-35(26-56)23-49-46-39(57)21-38(52-53-46)37-9-5-6-10-41(37)60/h5-6,9-14,21-22,28-30,32,35-36,40,44,59-60H,7-8,15-20,23-27H2,1-4H3,(H,49,53)(H,51,61)/t30-,32?,35-,36+,40-,44+/m0/s1. The van der Waals surface area contributed by atoms with E-state index in [9.17, 15) is 19.8 Å². The van der Waals surface area contributed by atoms with E-state index >= 15 is 0 Å². The number of nitrogens with one attached hydrogen (secondary N) is 2. The summed E-state index contributed by atoms with van der Waals surface area (Å²) in [5.41, 5.74) is 7.21. The van der Waals surface area contributed by atoms with Gasteiger partial charge in [0.05, 0.1) is 45.7 Å². The number of hydrogen-bond acceptors (Lipinski definition) is 15. The minimum absolute atomic E-state index is 0.0621. The van der Waals surface area contributed by atoms with Crippen LogP contribution < -0.4 is 20.3 Å². The number of phenolic OH excluding ortho intramolecular Hbond substituents is 1. The molecule has 65 heavy (non-hydrogen) atoms. The van der Waals surface area contributed by atoms with Gasteiger partial charge in [0.2, 0.25) is 11.8 Å². The number of thiazole rings is 1. The van der Waals surface area contributed by atoms with Crippen molar-refractivity contribution in [2.24, 2.45) is 11.8 Å². The lowest BCUT2D eigenvalue weighted by molar-refractivity contribution is -0.141. The topological polar surface area (TPSA) is 186 Å². The van der Waals surface area contributed by atoms with E-state index in [1.807, 2.05) is 75.7 Å². The Labute approximate surface area is 384 Å². The van der Waals surface area contributed by atoms with E-state index in [0.717, 1.165) is 92.0 Å². The summed E-state index contributed by atoms with van der Waals surface area (Å²) in [6.45, 7) is 15.7. The molecule has 2 amide bonds. The van der Waals surface area contributed by atoms with Crippen molar-refractivity contribution in [3.05, 3.63) is 83.2 Å². The zero-order valence-electron chi connectivity index (χ0n) is 37.6. The van der Waals surface area contributed by atoms with Gasteiger partial charge in [-0.05, 0) is 79.6 Å². The molecule has 0 spiro atoms. The molecule has 4 aliphatic rings. The number of hydrogen-bond donors (Lipinski definition) is 4. The monoisotopic (exact) mass is 904 g/mol. The number of aliphatic hydroxyl groups is 1. The number of aromatic hydroxyl groups is 1. The summed E-state index contributed by atoms with van der Waals surface area (Å²) in [5, 5.41) is 40.8. The van der Waals surface area contributed by atoms with Crippen molar-refractivity contribution >= 4 is 34.7 Å².